The molecule has 0 radical (unpaired) electrons. The third kappa shape index (κ3) is 5.14. The van der Waals surface area contributed by atoms with Gasteiger partial charge in [-0.3, -0.25) is 9.79 Å². The van der Waals surface area contributed by atoms with Crippen LogP contribution in [0.15, 0.2) is 89.9 Å². The highest BCUT2D eigenvalue weighted by Gasteiger charge is 2.31. The van der Waals surface area contributed by atoms with Gasteiger partial charge in [0.15, 0.2) is 0 Å². The van der Waals surface area contributed by atoms with Crippen molar-refractivity contribution < 1.29 is 4.79 Å². The van der Waals surface area contributed by atoms with Gasteiger partial charge in [-0.1, -0.05) is 91.7 Å². The summed E-state index contributed by atoms with van der Waals surface area (Å²) in [5.41, 5.74) is 10.7. The van der Waals surface area contributed by atoms with Gasteiger partial charge in [-0.2, -0.15) is 0 Å². The van der Waals surface area contributed by atoms with Crippen molar-refractivity contribution in [2.45, 2.75) is 38.1 Å². The molecule has 164 valence electrons. The van der Waals surface area contributed by atoms with Crippen molar-refractivity contribution in [1.29, 1.82) is 0 Å². The van der Waals surface area contributed by atoms with E-state index < -0.39 is 6.04 Å². The minimum absolute atomic E-state index is 0.0751. The molecule has 32 heavy (non-hydrogen) atoms. The fourth-order valence-electron chi connectivity index (χ4n) is 4.28. The number of aliphatic imine (C=N–C) groups is 1. The first kappa shape index (κ1) is 22.0. The monoisotopic (exact) mass is 425 g/mol. The number of para-hydroxylation sites is 1. The second-order valence-electron chi connectivity index (χ2n) is 8.26. The quantitative estimate of drug-likeness (QED) is 0.491. The van der Waals surface area contributed by atoms with Crippen molar-refractivity contribution in [1.82, 2.24) is 0 Å². The predicted molar refractivity (Wildman–Crippen MR) is 132 cm³/mol. The lowest BCUT2D eigenvalue weighted by atomic mass is 10.00. The van der Waals surface area contributed by atoms with E-state index in [0.29, 0.717) is 13.0 Å². The van der Waals surface area contributed by atoms with Crippen LogP contribution in [0.5, 0.6) is 0 Å². The zero-order valence-electron chi connectivity index (χ0n) is 18.5. The maximum atomic E-state index is 13.8. The SMILES string of the molecule is NCCCCCCN1C(=O)C(Cc2ccccc2)N=C(c2ccccc2)c2ccccc21. The van der Waals surface area contributed by atoms with Gasteiger partial charge in [0.1, 0.15) is 6.04 Å². The van der Waals surface area contributed by atoms with Crippen LogP contribution in [-0.4, -0.2) is 30.8 Å². The number of rotatable bonds is 9. The topological polar surface area (TPSA) is 58.7 Å². The minimum Gasteiger partial charge on any atom is -0.330 e. The number of carbonyl (C=O) groups excluding carboxylic acids is 1. The average Bonchev–Trinajstić information content (AvgIpc) is 2.95. The Morgan fingerprint density at radius 2 is 1.44 bits per heavy atom. The van der Waals surface area contributed by atoms with E-state index in [4.69, 9.17) is 10.7 Å². The molecule has 0 saturated heterocycles. The van der Waals surface area contributed by atoms with Crippen molar-refractivity contribution in [3.05, 3.63) is 102 Å². The van der Waals surface area contributed by atoms with E-state index in [1.165, 1.54) is 0 Å². The number of anilines is 1. The van der Waals surface area contributed by atoms with Crippen LogP contribution in [0.2, 0.25) is 0 Å². The number of carbonyl (C=O) groups is 1. The molecule has 4 rings (SSSR count). The van der Waals surface area contributed by atoms with Gasteiger partial charge in [0.2, 0.25) is 0 Å². The molecule has 1 unspecified atom stereocenters. The molecule has 0 saturated carbocycles. The van der Waals surface area contributed by atoms with Crippen LogP contribution in [0, 0.1) is 0 Å². The Morgan fingerprint density at radius 1 is 0.781 bits per heavy atom. The molecule has 0 bridgehead atoms. The Hall–Kier alpha value is -3.24. The highest BCUT2D eigenvalue weighted by molar-refractivity contribution is 6.20. The predicted octanol–water partition coefficient (Wildman–Crippen LogP) is 5.00. The summed E-state index contributed by atoms with van der Waals surface area (Å²) in [5, 5.41) is 0. The maximum Gasteiger partial charge on any atom is 0.252 e. The van der Waals surface area contributed by atoms with E-state index in [1.807, 2.05) is 53.4 Å². The normalized spacial score (nSPS) is 15.8. The lowest BCUT2D eigenvalue weighted by Crippen LogP contribution is -2.39. The Morgan fingerprint density at radius 3 is 2.19 bits per heavy atom. The number of hydrogen-bond acceptors (Lipinski definition) is 3. The van der Waals surface area contributed by atoms with Crippen LogP contribution in [-0.2, 0) is 11.2 Å². The van der Waals surface area contributed by atoms with Crippen molar-refractivity contribution in [3.63, 3.8) is 0 Å². The zero-order chi connectivity index (χ0) is 22.2. The van der Waals surface area contributed by atoms with Crippen LogP contribution in [0.4, 0.5) is 5.69 Å². The van der Waals surface area contributed by atoms with Crippen LogP contribution < -0.4 is 10.6 Å². The van der Waals surface area contributed by atoms with Gasteiger partial charge >= 0.3 is 0 Å². The summed E-state index contributed by atoms with van der Waals surface area (Å²) in [6.07, 6.45) is 4.74. The summed E-state index contributed by atoms with van der Waals surface area (Å²) in [5.74, 6) is 0.0751. The molecular weight excluding hydrogens is 394 g/mol. The number of fused-ring (bicyclic) bond motifs is 1. The second-order valence-corrected chi connectivity index (χ2v) is 8.26. The number of unbranched alkanes of at least 4 members (excludes halogenated alkanes) is 3. The number of nitrogens with two attached hydrogens (primary N) is 1. The second kappa shape index (κ2) is 10.9. The molecular formula is C28H31N3O. The summed E-state index contributed by atoms with van der Waals surface area (Å²) >= 11 is 0. The first-order valence-electron chi connectivity index (χ1n) is 11.6. The molecule has 4 nitrogen and oxygen atoms in total. The van der Waals surface area contributed by atoms with Crippen molar-refractivity contribution in [3.8, 4) is 0 Å². The van der Waals surface area contributed by atoms with Crippen molar-refractivity contribution >= 4 is 17.3 Å². The highest BCUT2D eigenvalue weighted by Crippen LogP contribution is 2.30. The smallest absolute Gasteiger partial charge is 0.252 e. The van der Waals surface area contributed by atoms with Crippen molar-refractivity contribution in [2.75, 3.05) is 18.0 Å². The van der Waals surface area contributed by atoms with E-state index >= 15 is 0 Å². The molecule has 1 aliphatic heterocycles. The lowest BCUT2D eigenvalue weighted by Gasteiger charge is -2.25. The molecule has 0 aromatic heterocycles. The molecule has 3 aromatic rings. The molecule has 0 fully saturated rings. The van der Waals surface area contributed by atoms with Gasteiger partial charge in [0.25, 0.3) is 5.91 Å². The molecule has 0 aliphatic carbocycles. The number of benzene rings is 3. The fourth-order valence-corrected chi connectivity index (χ4v) is 4.28. The van der Waals surface area contributed by atoms with Gasteiger partial charge in [-0.25, -0.2) is 0 Å². The first-order valence-corrected chi connectivity index (χ1v) is 11.6. The summed E-state index contributed by atoms with van der Waals surface area (Å²) in [6.45, 7) is 1.42. The molecule has 1 atom stereocenters. The maximum absolute atomic E-state index is 13.8. The van der Waals surface area contributed by atoms with E-state index in [1.54, 1.807) is 0 Å². The number of benzodiazepines with no additional fused rings is 1. The van der Waals surface area contributed by atoms with Gasteiger partial charge in [-0.05, 0) is 31.0 Å². The average molecular weight is 426 g/mol. The molecule has 1 amide bonds. The van der Waals surface area contributed by atoms with E-state index in [-0.39, 0.29) is 5.91 Å². The summed E-state index contributed by atoms with van der Waals surface area (Å²) in [7, 11) is 0. The van der Waals surface area contributed by atoms with Gasteiger partial charge in [-0.15, -0.1) is 0 Å². The Kier molecular flexibility index (Phi) is 7.47. The Balaban J connectivity index is 1.72. The summed E-state index contributed by atoms with van der Waals surface area (Å²) in [4.78, 5) is 20.9. The summed E-state index contributed by atoms with van der Waals surface area (Å²) < 4.78 is 0. The molecule has 1 aliphatic rings. The third-order valence-electron chi connectivity index (χ3n) is 5.94. The van der Waals surface area contributed by atoms with Gasteiger partial charge in [0, 0.05) is 24.1 Å². The zero-order valence-corrected chi connectivity index (χ0v) is 18.5. The highest BCUT2D eigenvalue weighted by atomic mass is 16.2. The molecule has 0 spiro atoms. The van der Waals surface area contributed by atoms with Crippen LogP contribution in [0.25, 0.3) is 0 Å². The van der Waals surface area contributed by atoms with E-state index in [2.05, 4.69) is 36.4 Å². The third-order valence-corrected chi connectivity index (χ3v) is 5.94. The first-order chi connectivity index (χ1) is 15.8. The van der Waals surface area contributed by atoms with Crippen LogP contribution in [0.1, 0.15) is 42.4 Å². The largest absolute Gasteiger partial charge is 0.330 e. The summed E-state index contributed by atoms with van der Waals surface area (Å²) in [6, 6.07) is 28.1. The van der Waals surface area contributed by atoms with Gasteiger partial charge in [0.05, 0.1) is 11.4 Å². The van der Waals surface area contributed by atoms with Crippen LogP contribution >= 0.6 is 0 Å². The van der Waals surface area contributed by atoms with Crippen molar-refractivity contribution in [2.24, 2.45) is 10.7 Å². The Bertz CT molecular complexity index is 1050. The molecule has 4 heteroatoms. The minimum atomic E-state index is -0.455. The fraction of sp³-hybridized carbons (Fsp3) is 0.286. The number of nitrogens with zero attached hydrogens (tertiary/aromatic N) is 2. The molecule has 2 N–H and O–H groups in total. The molecule has 3 aromatic carbocycles. The van der Waals surface area contributed by atoms with Crippen LogP contribution in [0.3, 0.4) is 0 Å². The van der Waals surface area contributed by atoms with E-state index in [0.717, 1.165) is 60.3 Å². The number of amides is 1. The number of hydrogen-bond donors (Lipinski definition) is 1. The lowest BCUT2D eigenvalue weighted by molar-refractivity contribution is -0.119. The standard InChI is InChI=1S/C28H31N3O/c29-19-11-1-2-12-20-31-26-18-10-9-17-24(26)27(23-15-7-4-8-16-23)30-25(28(31)32)21-22-13-5-3-6-14-22/h3-10,13-18,25H,1-2,11-12,19-21,29H2. The Labute approximate surface area is 190 Å². The van der Waals surface area contributed by atoms with E-state index in [9.17, 15) is 4.79 Å². The molecule has 1 heterocycles. The van der Waals surface area contributed by atoms with Gasteiger partial charge < -0.3 is 10.6 Å².